The summed E-state index contributed by atoms with van der Waals surface area (Å²) >= 11 is 0. The molecular formula is C13H29IN4. The molecule has 0 radical (unpaired) electrons. The van der Waals surface area contributed by atoms with Gasteiger partial charge in [-0.25, -0.2) is 4.99 Å². The molecule has 4 nitrogen and oxygen atoms in total. The van der Waals surface area contributed by atoms with Crippen LogP contribution in [0.15, 0.2) is 17.1 Å². The molecule has 0 unspecified atom stereocenters. The number of hydrogen-bond acceptors (Lipinski definition) is 2. The summed E-state index contributed by atoms with van der Waals surface area (Å²) in [6.45, 7) is 16.9. The fraction of sp³-hybridized carbons (Fsp3) is 0.769. The maximum atomic E-state index is 5.74. The Kier molecular flexibility index (Phi) is 11.8. The van der Waals surface area contributed by atoms with Crippen LogP contribution in [0.4, 0.5) is 0 Å². The van der Waals surface area contributed by atoms with Crippen LogP contribution in [0.1, 0.15) is 34.6 Å². The van der Waals surface area contributed by atoms with Crippen LogP contribution in [-0.2, 0) is 0 Å². The van der Waals surface area contributed by atoms with Crippen molar-refractivity contribution in [2.75, 3.05) is 19.6 Å². The third-order valence-corrected chi connectivity index (χ3v) is 2.52. The average Bonchev–Trinajstić information content (AvgIpc) is 2.20. The average molecular weight is 368 g/mol. The minimum absolute atomic E-state index is 0. The molecule has 0 rings (SSSR count). The van der Waals surface area contributed by atoms with E-state index in [4.69, 9.17) is 5.73 Å². The van der Waals surface area contributed by atoms with Gasteiger partial charge in [0.05, 0.1) is 6.54 Å². The van der Waals surface area contributed by atoms with Crippen LogP contribution in [0.5, 0.6) is 0 Å². The Balaban J connectivity index is 0. The number of rotatable bonds is 7. The molecule has 0 saturated heterocycles. The van der Waals surface area contributed by atoms with E-state index in [1.54, 1.807) is 0 Å². The van der Waals surface area contributed by atoms with Gasteiger partial charge in [-0.2, -0.15) is 0 Å². The van der Waals surface area contributed by atoms with Crippen molar-refractivity contribution in [1.82, 2.24) is 10.2 Å². The van der Waals surface area contributed by atoms with Crippen LogP contribution in [0.3, 0.4) is 0 Å². The van der Waals surface area contributed by atoms with E-state index in [1.807, 2.05) is 6.92 Å². The molecule has 0 aromatic rings. The van der Waals surface area contributed by atoms with Crippen LogP contribution >= 0.6 is 24.0 Å². The maximum absolute atomic E-state index is 5.74. The van der Waals surface area contributed by atoms with E-state index in [2.05, 4.69) is 49.5 Å². The van der Waals surface area contributed by atoms with E-state index in [-0.39, 0.29) is 24.0 Å². The van der Waals surface area contributed by atoms with Gasteiger partial charge in [0.2, 0.25) is 0 Å². The molecule has 0 aromatic carbocycles. The molecule has 0 aliphatic carbocycles. The zero-order chi connectivity index (χ0) is 13.4. The van der Waals surface area contributed by atoms with E-state index in [0.29, 0.717) is 24.6 Å². The van der Waals surface area contributed by atoms with E-state index in [0.717, 1.165) is 18.7 Å². The quantitative estimate of drug-likeness (QED) is 0.314. The van der Waals surface area contributed by atoms with Gasteiger partial charge in [-0.05, 0) is 34.6 Å². The highest BCUT2D eigenvalue weighted by Crippen LogP contribution is 2.03. The highest BCUT2D eigenvalue weighted by molar-refractivity contribution is 14.0. The predicted molar refractivity (Wildman–Crippen MR) is 91.7 cm³/mol. The summed E-state index contributed by atoms with van der Waals surface area (Å²) in [6, 6.07) is 1.09. The Labute approximate surface area is 129 Å². The zero-order valence-corrected chi connectivity index (χ0v) is 14.7. The molecule has 0 amide bonds. The molecule has 0 heterocycles. The fourth-order valence-electron chi connectivity index (χ4n) is 1.70. The maximum Gasteiger partial charge on any atom is 0.188 e. The monoisotopic (exact) mass is 368 g/mol. The summed E-state index contributed by atoms with van der Waals surface area (Å²) in [5.74, 6) is 0.500. The lowest BCUT2D eigenvalue weighted by molar-refractivity contribution is 0.178. The second-order valence-electron chi connectivity index (χ2n) is 5.01. The Hall–Kier alpha value is -0.300. The summed E-state index contributed by atoms with van der Waals surface area (Å²) in [5, 5.41) is 3.12. The Morgan fingerprint density at radius 3 is 2.17 bits per heavy atom. The lowest BCUT2D eigenvalue weighted by atomic mass is 10.2. The topological polar surface area (TPSA) is 53.6 Å². The molecule has 5 heteroatoms. The van der Waals surface area contributed by atoms with E-state index < -0.39 is 0 Å². The lowest BCUT2D eigenvalue weighted by Gasteiger charge is -2.30. The van der Waals surface area contributed by atoms with Gasteiger partial charge in [0, 0.05) is 25.2 Å². The molecule has 0 aliphatic heterocycles. The smallest absolute Gasteiger partial charge is 0.188 e. The lowest BCUT2D eigenvalue weighted by Crippen LogP contribution is -2.44. The molecular weight excluding hydrogens is 339 g/mol. The Morgan fingerprint density at radius 1 is 1.28 bits per heavy atom. The standard InChI is InChI=1S/C13H28N4.HI/c1-10(2)9-16-13(14)15-7-8-17(11(3)4)12(5)6;/h11-12H,1,7-9H2,2-6H3,(H3,14,15,16);1H. The van der Waals surface area contributed by atoms with Crippen molar-refractivity contribution >= 4 is 29.9 Å². The van der Waals surface area contributed by atoms with E-state index in [1.165, 1.54) is 0 Å². The largest absolute Gasteiger partial charge is 0.370 e. The van der Waals surface area contributed by atoms with Crippen LogP contribution in [0.2, 0.25) is 0 Å². The SMILES string of the molecule is C=C(C)CN=C(N)NCCN(C(C)C)C(C)C.I. The van der Waals surface area contributed by atoms with Gasteiger partial charge in [-0.3, -0.25) is 4.90 Å². The molecule has 18 heavy (non-hydrogen) atoms. The molecule has 0 atom stereocenters. The number of aliphatic imine (C=N–C) groups is 1. The second kappa shape index (κ2) is 10.6. The summed E-state index contributed by atoms with van der Waals surface area (Å²) in [6.07, 6.45) is 0. The summed E-state index contributed by atoms with van der Waals surface area (Å²) < 4.78 is 0. The van der Waals surface area contributed by atoms with Crippen molar-refractivity contribution < 1.29 is 0 Å². The highest BCUT2D eigenvalue weighted by atomic mass is 127. The number of halogens is 1. The van der Waals surface area contributed by atoms with Crippen molar-refractivity contribution in [2.45, 2.75) is 46.7 Å². The number of nitrogens with zero attached hydrogens (tertiary/aromatic N) is 2. The van der Waals surface area contributed by atoms with Crippen LogP contribution in [0.25, 0.3) is 0 Å². The second-order valence-corrected chi connectivity index (χ2v) is 5.01. The molecule has 0 spiro atoms. The molecule has 108 valence electrons. The van der Waals surface area contributed by atoms with Crippen molar-refractivity contribution in [3.63, 3.8) is 0 Å². The van der Waals surface area contributed by atoms with Crippen LogP contribution in [0, 0.1) is 0 Å². The normalized spacial score (nSPS) is 11.9. The predicted octanol–water partition coefficient (Wildman–Crippen LogP) is 2.20. The minimum atomic E-state index is 0. The summed E-state index contributed by atoms with van der Waals surface area (Å²) in [5.41, 5.74) is 6.75. The first-order chi connectivity index (χ1) is 7.84. The van der Waals surface area contributed by atoms with Crippen molar-refractivity contribution in [3.05, 3.63) is 12.2 Å². The van der Waals surface area contributed by atoms with Crippen molar-refractivity contribution in [3.8, 4) is 0 Å². The Morgan fingerprint density at radius 2 is 1.78 bits per heavy atom. The Bertz CT molecular complexity index is 254. The molecule has 0 aliphatic rings. The third-order valence-electron chi connectivity index (χ3n) is 2.52. The van der Waals surface area contributed by atoms with Gasteiger partial charge < -0.3 is 11.1 Å². The van der Waals surface area contributed by atoms with Crippen LogP contribution < -0.4 is 11.1 Å². The first-order valence-electron chi connectivity index (χ1n) is 6.28. The first kappa shape index (κ1) is 20.0. The van der Waals surface area contributed by atoms with Crippen LogP contribution in [-0.4, -0.2) is 42.6 Å². The van der Waals surface area contributed by atoms with E-state index >= 15 is 0 Å². The summed E-state index contributed by atoms with van der Waals surface area (Å²) in [7, 11) is 0. The van der Waals surface area contributed by atoms with Gasteiger partial charge in [-0.15, -0.1) is 24.0 Å². The zero-order valence-electron chi connectivity index (χ0n) is 12.4. The van der Waals surface area contributed by atoms with Gasteiger partial charge in [0.1, 0.15) is 0 Å². The van der Waals surface area contributed by atoms with Gasteiger partial charge in [0.25, 0.3) is 0 Å². The fourth-order valence-corrected chi connectivity index (χ4v) is 1.70. The van der Waals surface area contributed by atoms with Gasteiger partial charge >= 0.3 is 0 Å². The van der Waals surface area contributed by atoms with Crippen molar-refractivity contribution in [2.24, 2.45) is 10.7 Å². The van der Waals surface area contributed by atoms with Gasteiger partial charge in [-0.1, -0.05) is 12.2 Å². The molecule has 0 bridgehead atoms. The number of nitrogens with one attached hydrogen (secondary N) is 1. The molecule has 0 saturated carbocycles. The highest BCUT2D eigenvalue weighted by Gasteiger charge is 2.12. The summed E-state index contributed by atoms with van der Waals surface area (Å²) in [4.78, 5) is 6.59. The third kappa shape index (κ3) is 9.70. The number of hydrogen-bond donors (Lipinski definition) is 2. The number of guanidine groups is 1. The molecule has 0 fully saturated rings. The molecule has 3 N–H and O–H groups in total. The molecule has 0 aromatic heterocycles. The van der Waals surface area contributed by atoms with Gasteiger partial charge in [0.15, 0.2) is 5.96 Å². The van der Waals surface area contributed by atoms with Crippen molar-refractivity contribution in [1.29, 1.82) is 0 Å². The number of nitrogens with two attached hydrogens (primary N) is 1. The van der Waals surface area contributed by atoms with E-state index in [9.17, 15) is 0 Å². The minimum Gasteiger partial charge on any atom is -0.370 e. The first-order valence-corrected chi connectivity index (χ1v) is 6.28.